The molecule has 2 atom stereocenters. The van der Waals surface area contributed by atoms with Crippen LogP contribution in [-0.4, -0.2) is 29.0 Å². The van der Waals surface area contributed by atoms with Crippen LogP contribution in [0.15, 0.2) is 0 Å². The monoisotopic (exact) mass is 219 g/mol. The summed E-state index contributed by atoms with van der Waals surface area (Å²) < 4.78 is 0. The van der Waals surface area contributed by atoms with Gasteiger partial charge in [0.05, 0.1) is 12.1 Å². The molecule has 2 unspecified atom stereocenters. The zero-order valence-electron chi connectivity index (χ0n) is 8.34. The van der Waals surface area contributed by atoms with Gasteiger partial charge in [-0.15, -0.1) is 11.6 Å². The van der Waals surface area contributed by atoms with Crippen molar-refractivity contribution in [3.63, 3.8) is 0 Å². The highest BCUT2D eigenvalue weighted by Gasteiger charge is 2.22. The number of hydrogen-bond donors (Lipinski definition) is 2. The first-order chi connectivity index (χ1) is 6.74. The molecule has 1 aliphatic carbocycles. The normalized spacial score (nSPS) is 28.1. The smallest absolute Gasteiger partial charge is 0.221 e. The van der Waals surface area contributed by atoms with Crippen LogP contribution in [0.3, 0.4) is 0 Å². The Morgan fingerprint density at radius 1 is 1.36 bits per heavy atom. The summed E-state index contributed by atoms with van der Waals surface area (Å²) >= 11 is 5.46. The number of nitrogens with one attached hydrogen (secondary N) is 1. The van der Waals surface area contributed by atoms with Crippen LogP contribution < -0.4 is 5.32 Å². The summed E-state index contributed by atoms with van der Waals surface area (Å²) in [5.74, 6) is 0.292. The molecule has 0 saturated heterocycles. The predicted molar refractivity (Wildman–Crippen MR) is 56.4 cm³/mol. The van der Waals surface area contributed by atoms with Crippen molar-refractivity contribution in [2.45, 2.75) is 50.7 Å². The van der Waals surface area contributed by atoms with Gasteiger partial charge in [0.2, 0.25) is 5.91 Å². The van der Waals surface area contributed by atoms with Crippen LogP contribution in [0.4, 0.5) is 0 Å². The van der Waals surface area contributed by atoms with Gasteiger partial charge in [0, 0.05) is 12.3 Å². The van der Waals surface area contributed by atoms with Crippen molar-refractivity contribution < 1.29 is 9.90 Å². The first-order valence-corrected chi connectivity index (χ1v) is 5.81. The van der Waals surface area contributed by atoms with Gasteiger partial charge in [-0.25, -0.2) is 0 Å². The maximum absolute atomic E-state index is 11.3. The van der Waals surface area contributed by atoms with Crippen molar-refractivity contribution in [1.29, 1.82) is 0 Å². The third-order valence-corrected chi connectivity index (χ3v) is 2.84. The molecule has 82 valence electrons. The molecule has 1 fully saturated rings. The lowest BCUT2D eigenvalue weighted by atomic mass is 10.1. The number of rotatable bonds is 3. The van der Waals surface area contributed by atoms with Crippen molar-refractivity contribution in [2.24, 2.45) is 0 Å². The third kappa shape index (κ3) is 3.84. The molecule has 0 aromatic heterocycles. The number of aliphatic hydroxyl groups excluding tert-OH is 1. The summed E-state index contributed by atoms with van der Waals surface area (Å²) in [6.45, 7) is 0. The standard InChI is InChI=1S/C10H18ClNO2/c11-7-6-10(14)12-8-4-2-1-3-5-9(8)13/h8-9,13H,1-7H2,(H,12,14). The maximum atomic E-state index is 11.3. The maximum Gasteiger partial charge on any atom is 0.221 e. The highest BCUT2D eigenvalue weighted by Crippen LogP contribution is 2.18. The van der Waals surface area contributed by atoms with Gasteiger partial charge in [-0.05, 0) is 12.8 Å². The fraction of sp³-hybridized carbons (Fsp3) is 0.900. The molecule has 0 aliphatic heterocycles. The van der Waals surface area contributed by atoms with Gasteiger partial charge in [0.15, 0.2) is 0 Å². The van der Waals surface area contributed by atoms with Crippen LogP contribution in [-0.2, 0) is 4.79 Å². The Hall–Kier alpha value is -0.280. The molecule has 0 radical (unpaired) electrons. The second-order valence-corrected chi connectivity index (χ2v) is 4.20. The van der Waals surface area contributed by atoms with Crippen LogP contribution in [0.2, 0.25) is 0 Å². The molecule has 0 spiro atoms. The van der Waals surface area contributed by atoms with E-state index in [0.29, 0.717) is 12.3 Å². The third-order valence-electron chi connectivity index (χ3n) is 2.65. The number of alkyl halides is 1. The van der Waals surface area contributed by atoms with E-state index < -0.39 is 0 Å². The fourth-order valence-electron chi connectivity index (χ4n) is 1.82. The van der Waals surface area contributed by atoms with Crippen molar-refractivity contribution in [1.82, 2.24) is 5.32 Å². The van der Waals surface area contributed by atoms with Gasteiger partial charge < -0.3 is 10.4 Å². The van der Waals surface area contributed by atoms with E-state index in [1.165, 1.54) is 0 Å². The van der Waals surface area contributed by atoms with Crippen LogP contribution in [0.25, 0.3) is 0 Å². The fourth-order valence-corrected chi connectivity index (χ4v) is 1.99. The van der Waals surface area contributed by atoms with E-state index in [1.54, 1.807) is 0 Å². The SMILES string of the molecule is O=C(CCCl)NC1CCCCCC1O. The van der Waals surface area contributed by atoms with E-state index in [9.17, 15) is 9.90 Å². The van der Waals surface area contributed by atoms with Gasteiger partial charge >= 0.3 is 0 Å². The van der Waals surface area contributed by atoms with Crippen LogP contribution in [0, 0.1) is 0 Å². The van der Waals surface area contributed by atoms with E-state index in [2.05, 4.69) is 5.32 Å². The zero-order chi connectivity index (χ0) is 10.4. The molecule has 0 bridgehead atoms. The summed E-state index contributed by atoms with van der Waals surface area (Å²) in [5.41, 5.74) is 0. The number of carbonyl (C=O) groups is 1. The minimum Gasteiger partial charge on any atom is -0.391 e. The highest BCUT2D eigenvalue weighted by atomic mass is 35.5. The molecule has 0 heterocycles. The quantitative estimate of drug-likeness (QED) is 0.557. The molecule has 14 heavy (non-hydrogen) atoms. The minimum absolute atomic E-state index is 0.0500. The number of aliphatic hydroxyl groups is 1. The molecule has 3 nitrogen and oxygen atoms in total. The predicted octanol–water partition coefficient (Wildman–Crippen LogP) is 1.43. The minimum atomic E-state index is -0.378. The van der Waals surface area contributed by atoms with Crippen molar-refractivity contribution in [3.8, 4) is 0 Å². The molecule has 1 saturated carbocycles. The molecular weight excluding hydrogens is 202 g/mol. The highest BCUT2D eigenvalue weighted by molar-refractivity contribution is 6.18. The molecule has 1 amide bonds. The van der Waals surface area contributed by atoms with E-state index in [0.717, 1.165) is 32.1 Å². The topological polar surface area (TPSA) is 49.3 Å². The lowest BCUT2D eigenvalue weighted by Gasteiger charge is -2.21. The Labute approximate surface area is 89.8 Å². The second kappa shape index (κ2) is 6.25. The van der Waals surface area contributed by atoms with Gasteiger partial charge in [0.1, 0.15) is 0 Å². The summed E-state index contributed by atoms with van der Waals surface area (Å²) in [7, 11) is 0. The largest absolute Gasteiger partial charge is 0.391 e. The molecular formula is C10H18ClNO2. The average molecular weight is 220 g/mol. The van der Waals surface area contributed by atoms with E-state index in [1.807, 2.05) is 0 Å². The Morgan fingerprint density at radius 3 is 2.79 bits per heavy atom. The van der Waals surface area contributed by atoms with E-state index >= 15 is 0 Å². The van der Waals surface area contributed by atoms with Crippen LogP contribution in [0.1, 0.15) is 38.5 Å². The molecule has 4 heteroatoms. The van der Waals surface area contributed by atoms with E-state index in [-0.39, 0.29) is 18.1 Å². The van der Waals surface area contributed by atoms with Gasteiger partial charge in [-0.1, -0.05) is 19.3 Å². The first-order valence-electron chi connectivity index (χ1n) is 5.27. The van der Waals surface area contributed by atoms with Gasteiger partial charge in [-0.3, -0.25) is 4.79 Å². The second-order valence-electron chi connectivity index (χ2n) is 3.82. The Kier molecular flexibility index (Phi) is 5.26. The van der Waals surface area contributed by atoms with Crippen molar-refractivity contribution in [3.05, 3.63) is 0 Å². The van der Waals surface area contributed by atoms with E-state index in [4.69, 9.17) is 11.6 Å². The summed E-state index contributed by atoms with van der Waals surface area (Å²) in [6.07, 6.45) is 4.94. The number of halogens is 1. The van der Waals surface area contributed by atoms with Gasteiger partial charge in [0.25, 0.3) is 0 Å². The summed E-state index contributed by atoms with van der Waals surface area (Å²) in [4.78, 5) is 11.3. The Balaban J connectivity index is 2.36. The average Bonchev–Trinajstić information content (AvgIpc) is 2.33. The van der Waals surface area contributed by atoms with Crippen molar-refractivity contribution >= 4 is 17.5 Å². The zero-order valence-corrected chi connectivity index (χ0v) is 9.09. The number of hydrogen-bond acceptors (Lipinski definition) is 2. The molecule has 0 aromatic carbocycles. The van der Waals surface area contributed by atoms with Crippen molar-refractivity contribution in [2.75, 3.05) is 5.88 Å². The number of carbonyl (C=O) groups excluding carboxylic acids is 1. The van der Waals surface area contributed by atoms with Crippen LogP contribution >= 0.6 is 11.6 Å². The summed E-state index contributed by atoms with van der Waals surface area (Å²) in [5, 5.41) is 12.6. The first kappa shape index (κ1) is 11.8. The lowest BCUT2D eigenvalue weighted by molar-refractivity contribution is -0.122. The molecule has 1 rings (SSSR count). The number of amides is 1. The molecule has 2 N–H and O–H groups in total. The summed E-state index contributed by atoms with van der Waals surface area (Å²) in [6, 6.07) is -0.0618. The van der Waals surface area contributed by atoms with Crippen LogP contribution in [0.5, 0.6) is 0 Å². The lowest BCUT2D eigenvalue weighted by Crippen LogP contribution is -2.42. The molecule has 1 aliphatic rings. The molecule has 0 aromatic rings. The Bertz CT molecular complexity index is 187. The van der Waals surface area contributed by atoms with Gasteiger partial charge in [-0.2, -0.15) is 0 Å². The Morgan fingerprint density at radius 2 is 2.07 bits per heavy atom.